The van der Waals surface area contributed by atoms with Gasteiger partial charge in [-0.1, -0.05) is 19.1 Å². The fourth-order valence-corrected chi connectivity index (χ4v) is 9.41. The minimum Gasteiger partial charge on any atom is -0.458 e. The molecule has 4 aliphatic carbocycles. The zero-order chi connectivity index (χ0) is 28.3. The van der Waals surface area contributed by atoms with Crippen molar-refractivity contribution in [2.45, 2.75) is 88.4 Å². The number of hydrogen-bond acceptors (Lipinski definition) is 7. The summed E-state index contributed by atoms with van der Waals surface area (Å²) in [6.45, 7) is 2.43. The van der Waals surface area contributed by atoms with Crippen LogP contribution in [0.1, 0.15) is 70.3 Å². The molecule has 4 N–H and O–H groups in total. The molecule has 0 spiro atoms. The molecule has 8 nitrogen and oxygen atoms in total. The highest BCUT2D eigenvalue weighted by Crippen LogP contribution is 2.70. The molecule has 0 radical (unpaired) electrons. The number of cyclic esters (lactones) is 1. The second-order valence-corrected chi connectivity index (χ2v) is 13.1. The SMILES string of the molecule is C[C@]12CC[C@H]3[C@@H](CC[C@@]4(O)C[C@H](O)CC[C@]34/C=N\NC(=O)Cc3ccc(F)cc3)[C@]1(O)CC[C@@H]2C1=CC(=O)OC1. The quantitative estimate of drug-likeness (QED) is 0.252. The average molecular weight is 555 g/mol. The summed E-state index contributed by atoms with van der Waals surface area (Å²) in [7, 11) is 0. The summed E-state index contributed by atoms with van der Waals surface area (Å²) in [6.07, 6.45) is 7.91. The molecule has 216 valence electrons. The van der Waals surface area contributed by atoms with Crippen LogP contribution in [-0.4, -0.2) is 57.3 Å². The van der Waals surface area contributed by atoms with Crippen LogP contribution < -0.4 is 5.43 Å². The van der Waals surface area contributed by atoms with Gasteiger partial charge in [0, 0.05) is 29.5 Å². The van der Waals surface area contributed by atoms with Gasteiger partial charge in [-0.05, 0) is 92.4 Å². The Bertz CT molecular complexity index is 1250. The van der Waals surface area contributed by atoms with Crippen molar-refractivity contribution in [3.63, 3.8) is 0 Å². The maximum absolute atomic E-state index is 13.2. The Hall–Kier alpha value is -2.62. The average Bonchev–Trinajstić information content (AvgIpc) is 3.45. The number of rotatable bonds is 5. The number of carbonyl (C=O) groups is 2. The number of hydrazone groups is 1. The molecule has 1 aliphatic heterocycles. The molecule has 4 saturated carbocycles. The highest BCUT2D eigenvalue weighted by Gasteiger charge is 2.71. The van der Waals surface area contributed by atoms with E-state index in [1.54, 1.807) is 24.4 Å². The van der Waals surface area contributed by atoms with Crippen molar-refractivity contribution >= 4 is 18.1 Å². The number of carbonyl (C=O) groups excluding carboxylic acids is 2. The highest BCUT2D eigenvalue weighted by molar-refractivity contribution is 5.85. The van der Waals surface area contributed by atoms with Gasteiger partial charge in [-0.25, -0.2) is 14.6 Å². The van der Waals surface area contributed by atoms with Crippen LogP contribution in [0.15, 0.2) is 41.0 Å². The van der Waals surface area contributed by atoms with Crippen molar-refractivity contribution in [1.82, 2.24) is 5.43 Å². The third-order valence-electron chi connectivity index (χ3n) is 11.4. The number of nitrogens with one attached hydrogen (secondary N) is 1. The Morgan fingerprint density at radius 3 is 2.58 bits per heavy atom. The fourth-order valence-electron chi connectivity index (χ4n) is 9.41. The van der Waals surface area contributed by atoms with Gasteiger partial charge in [-0.3, -0.25) is 4.79 Å². The Morgan fingerprint density at radius 1 is 1.10 bits per heavy atom. The third kappa shape index (κ3) is 4.15. The van der Waals surface area contributed by atoms with Crippen LogP contribution in [0.3, 0.4) is 0 Å². The molecule has 0 unspecified atom stereocenters. The van der Waals surface area contributed by atoms with Crippen molar-refractivity contribution < 1.29 is 34.0 Å². The molecule has 8 atom stereocenters. The van der Waals surface area contributed by atoms with Crippen LogP contribution in [0.25, 0.3) is 0 Å². The molecular formula is C31H39FN2O6. The van der Waals surface area contributed by atoms with Crippen LogP contribution in [0, 0.1) is 34.4 Å². The molecule has 1 heterocycles. The largest absolute Gasteiger partial charge is 0.458 e. The van der Waals surface area contributed by atoms with Gasteiger partial charge in [-0.15, -0.1) is 0 Å². The van der Waals surface area contributed by atoms with Crippen LogP contribution >= 0.6 is 0 Å². The zero-order valence-electron chi connectivity index (χ0n) is 22.9. The van der Waals surface area contributed by atoms with Crippen molar-refractivity contribution in [1.29, 1.82) is 0 Å². The number of halogens is 1. The Balaban J connectivity index is 1.28. The lowest BCUT2D eigenvalue weighted by molar-refractivity contribution is -0.237. The van der Waals surface area contributed by atoms with E-state index in [-0.39, 0.29) is 54.9 Å². The summed E-state index contributed by atoms with van der Waals surface area (Å²) in [5.41, 5.74) is 0.835. The smallest absolute Gasteiger partial charge is 0.331 e. The predicted octanol–water partition coefficient (Wildman–Crippen LogP) is 3.18. The molecule has 40 heavy (non-hydrogen) atoms. The first-order valence-electron chi connectivity index (χ1n) is 14.6. The van der Waals surface area contributed by atoms with Crippen molar-refractivity contribution in [2.75, 3.05) is 6.61 Å². The zero-order valence-corrected chi connectivity index (χ0v) is 22.9. The number of nitrogens with zero attached hydrogens (tertiary/aromatic N) is 1. The molecule has 0 aromatic heterocycles. The van der Waals surface area contributed by atoms with Gasteiger partial charge in [0.05, 0.1) is 23.7 Å². The summed E-state index contributed by atoms with van der Waals surface area (Å²) in [5.74, 6) is -1.14. The summed E-state index contributed by atoms with van der Waals surface area (Å²) in [5, 5.41) is 39.5. The van der Waals surface area contributed by atoms with Gasteiger partial charge >= 0.3 is 5.97 Å². The number of aliphatic hydroxyl groups excluding tert-OH is 1. The number of fused-ring (bicyclic) bond motifs is 5. The lowest BCUT2D eigenvalue weighted by Crippen LogP contribution is -2.68. The molecule has 9 heteroatoms. The van der Waals surface area contributed by atoms with Gasteiger partial charge in [0.25, 0.3) is 0 Å². The van der Waals surface area contributed by atoms with Crippen molar-refractivity contribution in [2.24, 2.45) is 33.7 Å². The summed E-state index contributed by atoms with van der Waals surface area (Å²) < 4.78 is 18.5. The second-order valence-electron chi connectivity index (χ2n) is 13.1. The minimum atomic E-state index is -1.20. The van der Waals surface area contributed by atoms with Gasteiger partial charge in [0.2, 0.25) is 5.91 Å². The predicted molar refractivity (Wildman–Crippen MR) is 144 cm³/mol. The van der Waals surface area contributed by atoms with E-state index in [1.165, 1.54) is 12.1 Å². The van der Waals surface area contributed by atoms with Gasteiger partial charge in [0.15, 0.2) is 0 Å². The Kier molecular flexibility index (Phi) is 6.71. The standard InChI is InChI=1S/C31H39FN2O6/c1-28-10-7-24-25(31(28,39)13-9-23(28)20-15-27(37)40-17-20)8-12-30(38)16-22(35)6-11-29(24,30)18-33-34-26(36)14-19-2-4-21(32)5-3-19/h2-5,15,18,22-25,35,38-39H,6-14,16-17H2,1H3,(H,34,36)/b33-18-/t22-,23-,24+,25-,28-,29+,30-,31-/m1/s1. The third-order valence-corrected chi connectivity index (χ3v) is 11.4. The number of hydrogen-bond donors (Lipinski definition) is 4. The highest BCUT2D eigenvalue weighted by atomic mass is 19.1. The first kappa shape index (κ1) is 27.5. The molecular weight excluding hydrogens is 515 g/mol. The van der Waals surface area contributed by atoms with Gasteiger partial charge in [-0.2, -0.15) is 5.10 Å². The molecule has 6 rings (SSSR count). The lowest BCUT2D eigenvalue weighted by Gasteiger charge is -2.65. The lowest BCUT2D eigenvalue weighted by atomic mass is 9.41. The molecule has 0 bridgehead atoms. The van der Waals surface area contributed by atoms with E-state index in [0.29, 0.717) is 37.7 Å². The monoisotopic (exact) mass is 554 g/mol. The van der Waals surface area contributed by atoms with Crippen molar-refractivity contribution in [3.05, 3.63) is 47.3 Å². The van der Waals surface area contributed by atoms with Crippen LogP contribution in [0.2, 0.25) is 0 Å². The van der Waals surface area contributed by atoms with E-state index in [9.17, 15) is 29.3 Å². The van der Waals surface area contributed by atoms with Crippen LogP contribution in [0.5, 0.6) is 0 Å². The number of esters is 1. The molecule has 4 fully saturated rings. The maximum Gasteiger partial charge on any atom is 0.331 e. The number of aliphatic hydroxyl groups is 3. The van der Waals surface area contributed by atoms with E-state index in [0.717, 1.165) is 24.8 Å². The number of ether oxygens (including phenoxy) is 1. The second kappa shape index (κ2) is 9.74. The molecule has 1 aromatic rings. The van der Waals surface area contributed by atoms with Crippen LogP contribution in [0.4, 0.5) is 4.39 Å². The summed E-state index contributed by atoms with van der Waals surface area (Å²) >= 11 is 0. The van der Waals surface area contributed by atoms with Crippen LogP contribution in [-0.2, 0) is 20.7 Å². The number of amides is 1. The molecule has 5 aliphatic rings. The Labute approximate surface area is 233 Å². The fraction of sp³-hybridized carbons (Fsp3) is 0.645. The maximum atomic E-state index is 13.2. The van der Waals surface area contributed by atoms with E-state index in [4.69, 9.17) is 4.74 Å². The van der Waals surface area contributed by atoms with E-state index in [1.807, 2.05) is 0 Å². The molecule has 1 aromatic carbocycles. The van der Waals surface area contributed by atoms with Gasteiger partial charge in [0.1, 0.15) is 12.4 Å². The molecule has 0 saturated heterocycles. The summed E-state index contributed by atoms with van der Waals surface area (Å²) in [4.78, 5) is 24.5. The summed E-state index contributed by atoms with van der Waals surface area (Å²) in [6, 6.07) is 5.73. The van der Waals surface area contributed by atoms with E-state index >= 15 is 0 Å². The first-order valence-corrected chi connectivity index (χ1v) is 14.6. The molecule has 1 amide bonds. The Morgan fingerprint density at radius 2 is 1.85 bits per heavy atom. The van der Waals surface area contributed by atoms with E-state index in [2.05, 4.69) is 17.5 Å². The number of benzene rings is 1. The minimum absolute atomic E-state index is 0.0429. The van der Waals surface area contributed by atoms with E-state index < -0.39 is 28.1 Å². The first-order chi connectivity index (χ1) is 19.0. The topological polar surface area (TPSA) is 128 Å². The van der Waals surface area contributed by atoms with Gasteiger partial charge < -0.3 is 20.1 Å². The van der Waals surface area contributed by atoms with Crippen molar-refractivity contribution in [3.8, 4) is 0 Å². The normalized spacial score (nSPS) is 42.5.